The normalized spacial score (nSPS) is 17.0. The highest BCUT2D eigenvalue weighted by Crippen LogP contribution is 2.37. The van der Waals surface area contributed by atoms with Crippen LogP contribution in [0.3, 0.4) is 0 Å². The molecule has 3 rings (SSSR count). The number of nitrogens with zero attached hydrogens (tertiary/aromatic N) is 5. The number of ether oxygens (including phenoxy) is 2. The molecule has 2 aromatic heterocycles. The number of aryl methyl sites for hydroxylation is 1. The zero-order valence-electron chi connectivity index (χ0n) is 18.0. The van der Waals surface area contributed by atoms with Gasteiger partial charge in [-0.05, 0) is 33.6 Å². The number of aliphatic hydroxyl groups is 1. The molecule has 1 fully saturated rings. The van der Waals surface area contributed by atoms with Crippen molar-refractivity contribution < 1.29 is 19.4 Å². The first kappa shape index (κ1) is 22.3. The lowest BCUT2D eigenvalue weighted by Gasteiger charge is -2.38. The van der Waals surface area contributed by atoms with Crippen LogP contribution in [-0.4, -0.2) is 63.0 Å². The predicted octanol–water partition coefficient (Wildman–Crippen LogP) is 2.42. The predicted molar refractivity (Wildman–Crippen MR) is 111 cm³/mol. The molecule has 1 aliphatic rings. The Morgan fingerprint density at radius 1 is 1.30 bits per heavy atom. The van der Waals surface area contributed by atoms with E-state index < -0.39 is 5.60 Å². The van der Waals surface area contributed by atoms with Crippen LogP contribution in [0.5, 0.6) is 11.9 Å². The number of amides is 1. The molecule has 3 heterocycles. The number of carbonyl (C=O) groups is 1. The van der Waals surface area contributed by atoms with Gasteiger partial charge in [0.25, 0.3) is 0 Å². The quantitative estimate of drug-likeness (QED) is 0.740. The van der Waals surface area contributed by atoms with E-state index in [2.05, 4.69) is 15.1 Å². The van der Waals surface area contributed by atoms with Crippen LogP contribution in [-0.2, 0) is 10.4 Å². The average molecular weight is 438 g/mol. The number of methoxy groups -OCH3 is 2. The summed E-state index contributed by atoms with van der Waals surface area (Å²) in [5.74, 6) is 0.297. The summed E-state index contributed by atoms with van der Waals surface area (Å²) in [7, 11) is 2.95. The van der Waals surface area contributed by atoms with Gasteiger partial charge in [0, 0.05) is 25.7 Å². The fourth-order valence-corrected chi connectivity index (χ4v) is 3.98. The zero-order chi connectivity index (χ0) is 22.1. The number of halogens is 1. The molecule has 0 radical (unpaired) electrons. The first-order chi connectivity index (χ1) is 14.2. The average Bonchev–Trinajstić information content (AvgIpc) is 3.01. The molecule has 1 saturated heterocycles. The van der Waals surface area contributed by atoms with Crippen LogP contribution >= 0.6 is 11.6 Å². The van der Waals surface area contributed by atoms with Crippen molar-refractivity contribution >= 4 is 17.5 Å². The second-order valence-corrected chi connectivity index (χ2v) is 8.05. The van der Waals surface area contributed by atoms with Gasteiger partial charge < -0.3 is 19.5 Å². The Bertz CT molecular complexity index is 924. The molecule has 10 heteroatoms. The van der Waals surface area contributed by atoms with E-state index >= 15 is 0 Å². The number of likely N-dealkylation sites (tertiary alicyclic amines) is 1. The van der Waals surface area contributed by atoms with E-state index in [4.69, 9.17) is 21.1 Å². The van der Waals surface area contributed by atoms with E-state index in [1.54, 1.807) is 9.58 Å². The lowest BCUT2D eigenvalue weighted by atomic mass is 9.85. The van der Waals surface area contributed by atoms with E-state index in [9.17, 15) is 9.90 Å². The molecule has 9 nitrogen and oxygen atoms in total. The molecule has 0 saturated carbocycles. The van der Waals surface area contributed by atoms with Gasteiger partial charge in [0.05, 0.1) is 47.8 Å². The summed E-state index contributed by atoms with van der Waals surface area (Å²) in [6.07, 6.45) is 2.57. The molecular weight excluding hydrogens is 410 g/mol. The molecule has 0 aromatic carbocycles. The molecule has 164 valence electrons. The molecule has 0 bridgehead atoms. The number of hydrogen-bond acceptors (Lipinski definition) is 7. The van der Waals surface area contributed by atoms with Gasteiger partial charge >= 0.3 is 6.01 Å². The molecule has 1 aliphatic heterocycles. The number of hydrogen-bond donors (Lipinski definition) is 1. The van der Waals surface area contributed by atoms with Crippen LogP contribution in [0.15, 0.2) is 6.20 Å². The Kier molecular flexibility index (Phi) is 6.52. The van der Waals surface area contributed by atoms with Gasteiger partial charge in [-0.3, -0.25) is 9.48 Å². The van der Waals surface area contributed by atoms with Crippen molar-refractivity contribution in [2.75, 3.05) is 27.3 Å². The highest BCUT2D eigenvalue weighted by molar-refractivity contribution is 6.31. The van der Waals surface area contributed by atoms with Gasteiger partial charge in [-0.1, -0.05) is 11.6 Å². The maximum absolute atomic E-state index is 12.8. The SMILES string of the molecule is COc1ncc(C2(O)CCN(C(=O)CC(C)n3nc(C)c(Cl)c3C)CC2)c(OC)n1. The molecule has 1 unspecified atom stereocenters. The van der Waals surface area contributed by atoms with Crippen molar-refractivity contribution in [2.24, 2.45) is 0 Å². The van der Waals surface area contributed by atoms with Crippen molar-refractivity contribution in [2.45, 2.75) is 51.7 Å². The monoisotopic (exact) mass is 437 g/mol. The van der Waals surface area contributed by atoms with Crippen LogP contribution < -0.4 is 9.47 Å². The minimum atomic E-state index is -1.16. The molecule has 2 aromatic rings. The highest BCUT2D eigenvalue weighted by Gasteiger charge is 2.39. The van der Waals surface area contributed by atoms with Gasteiger partial charge in [0.15, 0.2) is 0 Å². The summed E-state index contributed by atoms with van der Waals surface area (Å²) in [4.78, 5) is 22.9. The summed E-state index contributed by atoms with van der Waals surface area (Å²) in [5.41, 5.74) is 0.952. The fraction of sp³-hybridized carbons (Fsp3) is 0.600. The van der Waals surface area contributed by atoms with E-state index in [1.165, 1.54) is 20.4 Å². The summed E-state index contributed by atoms with van der Waals surface area (Å²) < 4.78 is 12.1. The number of carbonyl (C=O) groups excluding carboxylic acids is 1. The Labute approximate surface area is 181 Å². The third kappa shape index (κ3) is 4.22. The van der Waals surface area contributed by atoms with Gasteiger partial charge in [0.1, 0.15) is 0 Å². The zero-order valence-corrected chi connectivity index (χ0v) is 18.7. The first-order valence-corrected chi connectivity index (χ1v) is 10.2. The molecule has 1 amide bonds. The standard InChI is InChI=1S/C20H28ClN5O4/c1-12(26-14(3)17(21)13(2)24-26)10-16(27)25-8-6-20(28,7-9-25)15-11-22-19(30-5)23-18(15)29-4/h11-12,28H,6-10H2,1-5H3. The van der Waals surface area contributed by atoms with E-state index in [0.29, 0.717) is 42.9 Å². The summed E-state index contributed by atoms with van der Waals surface area (Å²) >= 11 is 6.23. The van der Waals surface area contributed by atoms with Crippen LogP contribution in [0, 0.1) is 13.8 Å². The van der Waals surface area contributed by atoms with E-state index in [0.717, 1.165) is 11.4 Å². The second kappa shape index (κ2) is 8.77. The van der Waals surface area contributed by atoms with Crippen molar-refractivity contribution in [1.29, 1.82) is 0 Å². The maximum Gasteiger partial charge on any atom is 0.319 e. The molecule has 1 atom stereocenters. The Morgan fingerprint density at radius 2 is 1.97 bits per heavy atom. The Hall–Kier alpha value is -2.39. The topological polar surface area (TPSA) is 103 Å². The van der Waals surface area contributed by atoms with Gasteiger partial charge in [-0.2, -0.15) is 10.1 Å². The molecule has 0 aliphatic carbocycles. The van der Waals surface area contributed by atoms with Crippen LogP contribution in [0.25, 0.3) is 0 Å². The molecule has 1 N–H and O–H groups in total. The number of piperidine rings is 1. The van der Waals surface area contributed by atoms with Crippen molar-refractivity contribution in [3.63, 3.8) is 0 Å². The summed E-state index contributed by atoms with van der Waals surface area (Å²) in [5, 5.41) is 16.3. The lowest BCUT2D eigenvalue weighted by Crippen LogP contribution is -2.45. The van der Waals surface area contributed by atoms with Crippen molar-refractivity contribution in [3.05, 3.63) is 28.2 Å². The summed E-state index contributed by atoms with van der Waals surface area (Å²) in [6.45, 7) is 6.55. The van der Waals surface area contributed by atoms with Gasteiger partial charge in [-0.25, -0.2) is 4.98 Å². The Balaban J connectivity index is 1.66. The fourth-order valence-electron chi connectivity index (χ4n) is 3.86. The number of rotatable bonds is 6. The third-order valence-corrected chi connectivity index (χ3v) is 6.22. The smallest absolute Gasteiger partial charge is 0.319 e. The van der Waals surface area contributed by atoms with Gasteiger partial charge in [-0.15, -0.1) is 0 Å². The Morgan fingerprint density at radius 3 is 2.50 bits per heavy atom. The van der Waals surface area contributed by atoms with Crippen LogP contribution in [0.2, 0.25) is 5.02 Å². The summed E-state index contributed by atoms with van der Waals surface area (Å²) in [6, 6.07) is 0.0599. The third-order valence-electron chi connectivity index (χ3n) is 5.68. The number of aromatic nitrogens is 4. The van der Waals surface area contributed by atoms with Crippen LogP contribution in [0.1, 0.15) is 49.2 Å². The highest BCUT2D eigenvalue weighted by atomic mass is 35.5. The first-order valence-electron chi connectivity index (χ1n) is 9.87. The van der Waals surface area contributed by atoms with Crippen molar-refractivity contribution in [1.82, 2.24) is 24.6 Å². The molecule has 30 heavy (non-hydrogen) atoms. The largest absolute Gasteiger partial charge is 0.481 e. The maximum atomic E-state index is 12.8. The molecule has 0 spiro atoms. The molecular formula is C20H28ClN5O4. The minimum absolute atomic E-state index is 0.0196. The van der Waals surface area contributed by atoms with Crippen LogP contribution in [0.4, 0.5) is 0 Å². The second-order valence-electron chi connectivity index (χ2n) is 7.67. The van der Waals surface area contributed by atoms with Gasteiger partial charge in [0.2, 0.25) is 11.8 Å². The van der Waals surface area contributed by atoms with E-state index in [1.807, 2.05) is 20.8 Å². The lowest BCUT2D eigenvalue weighted by molar-refractivity contribution is -0.136. The minimum Gasteiger partial charge on any atom is -0.481 e. The van der Waals surface area contributed by atoms with E-state index in [-0.39, 0.29) is 23.8 Å². The van der Waals surface area contributed by atoms with Crippen molar-refractivity contribution in [3.8, 4) is 11.9 Å².